The van der Waals surface area contributed by atoms with Gasteiger partial charge in [-0.25, -0.2) is 0 Å². The normalized spacial score (nSPS) is 14.4. The molecular formula is C16H23N7O2. The number of hydrogen-bond donors (Lipinski definition) is 1. The topological polar surface area (TPSA) is 100 Å². The third kappa shape index (κ3) is 4.04. The maximum atomic E-state index is 12.2. The van der Waals surface area contributed by atoms with Gasteiger partial charge in [0.1, 0.15) is 11.3 Å². The smallest absolute Gasteiger partial charge is 0.256 e. The minimum absolute atomic E-state index is 0.216. The standard InChI is InChI=1S/C16H23N7O2/c1-11-12(9-18-25-11)14(24)17-10-13-19-15(22(2)3)21-16(20-13)23-7-5-4-6-8-23/h9H,4-8,10H2,1-3H3,(H,17,24). The van der Waals surface area contributed by atoms with Gasteiger partial charge in [0.05, 0.1) is 12.7 Å². The number of aryl methyl sites for hydroxylation is 1. The highest BCUT2D eigenvalue weighted by Crippen LogP contribution is 2.18. The Morgan fingerprint density at radius 2 is 2.00 bits per heavy atom. The van der Waals surface area contributed by atoms with E-state index in [1.54, 1.807) is 6.92 Å². The number of piperidine rings is 1. The van der Waals surface area contributed by atoms with Crippen molar-refractivity contribution in [3.63, 3.8) is 0 Å². The van der Waals surface area contributed by atoms with Crippen LogP contribution in [0.3, 0.4) is 0 Å². The Bertz CT molecular complexity index is 738. The van der Waals surface area contributed by atoms with Gasteiger partial charge in [0.15, 0.2) is 5.82 Å². The van der Waals surface area contributed by atoms with Crippen LogP contribution >= 0.6 is 0 Å². The maximum absolute atomic E-state index is 12.2. The SMILES string of the molecule is Cc1oncc1C(=O)NCc1nc(N(C)C)nc(N2CCCCC2)n1. The van der Waals surface area contributed by atoms with Gasteiger partial charge in [-0.05, 0) is 26.2 Å². The second kappa shape index (κ2) is 7.45. The van der Waals surface area contributed by atoms with Crippen molar-refractivity contribution in [1.29, 1.82) is 0 Å². The average Bonchev–Trinajstić information content (AvgIpc) is 3.06. The molecule has 2 aromatic rings. The first kappa shape index (κ1) is 17.1. The lowest BCUT2D eigenvalue weighted by molar-refractivity contribution is 0.0948. The van der Waals surface area contributed by atoms with Crippen LogP contribution in [-0.2, 0) is 6.54 Å². The molecule has 1 aliphatic heterocycles. The lowest BCUT2D eigenvalue weighted by Crippen LogP contribution is -2.33. The molecule has 25 heavy (non-hydrogen) atoms. The largest absolute Gasteiger partial charge is 0.361 e. The van der Waals surface area contributed by atoms with Crippen LogP contribution in [0.4, 0.5) is 11.9 Å². The zero-order valence-corrected chi connectivity index (χ0v) is 14.8. The summed E-state index contributed by atoms with van der Waals surface area (Å²) < 4.78 is 4.92. The fourth-order valence-corrected chi connectivity index (χ4v) is 2.68. The predicted octanol–water partition coefficient (Wildman–Crippen LogP) is 1.15. The van der Waals surface area contributed by atoms with Crippen molar-refractivity contribution in [3.05, 3.63) is 23.3 Å². The van der Waals surface area contributed by atoms with Crippen LogP contribution in [0.25, 0.3) is 0 Å². The Morgan fingerprint density at radius 1 is 1.24 bits per heavy atom. The molecule has 1 fully saturated rings. The highest BCUT2D eigenvalue weighted by Gasteiger charge is 2.18. The number of aromatic nitrogens is 4. The summed E-state index contributed by atoms with van der Waals surface area (Å²) in [7, 11) is 3.77. The average molecular weight is 345 g/mol. The predicted molar refractivity (Wildman–Crippen MR) is 92.6 cm³/mol. The van der Waals surface area contributed by atoms with Crippen molar-refractivity contribution in [2.24, 2.45) is 0 Å². The van der Waals surface area contributed by atoms with Crippen molar-refractivity contribution < 1.29 is 9.32 Å². The molecule has 0 atom stereocenters. The molecule has 3 rings (SSSR count). The van der Waals surface area contributed by atoms with Gasteiger partial charge in [-0.3, -0.25) is 4.79 Å². The van der Waals surface area contributed by atoms with Crippen molar-refractivity contribution in [3.8, 4) is 0 Å². The maximum Gasteiger partial charge on any atom is 0.256 e. The number of carbonyl (C=O) groups excluding carboxylic acids is 1. The van der Waals surface area contributed by atoms with E-state index < -0.39 is 0 Å². The summed E-state index contributed by atoms with van der Waals surface area (Å²) in [4.78, 5) is 29.7. The Morgan fingerprint density at radius 3 is 2.64 bits per heavy atom. The molecule has 0 radical (unpaired) electrons. The van der Waals surface area contributed by atoms with Crippen LogP contribution in [0.5, 0.6) is 0 Å². The van der Waals surface area contributed by atoms with Gasteiger partial charge in [0.2, 0.25) is 11.9 Å². The number of nitrogens with zero attached hydrogens (tertiary/aromatic N) is 6. The summed E-state index contributed by atoms with van der Waals surface area (Å²) in [5.74, 6) is 2.01. The fourth-order valence-electron chi connectivity index (χ4n) is 2.68. The van der Waals surface area contributed by atoms with Crippen LogP contribution < -0.4 is 15.1 Å². The molecule has 0 aliphatic carbocycles. The number of amides is 1. The van der Waals surface area contributed by atoms with Gasteiger partial charge >= 0.3 is 0 Å². The first-order valence-corrected chi connectivity index (χ1v) is 8.41. The highest BCUT2D eigenvalue weighted by molar-refractivity contribution is 5.94. The lowest BCUT2D eigenvalue weighted by atomic mass is 10.1. The molecular weight excluding hydrogens is 322 g/mol. The van der Waals surface area contributed by atoms with Gasteiger partial charge in [0.25, 0.3) is 5.91 Å². The molecule has 0 bridgehead atoms. The number of carbonyl (C=O) groups is 1. The van der Waals surface area contributed by atoms with E-state index in [4.69, 9.17) is 4.52 Å². The molecule has 0 aromatic carbocycles. The van der Waals surface area contributed by atoms with Crippen molar-refractivity contribution in [2.75, 3.05) is 37.0 Å². The summed E-state index contributed by atoms with van der Waals surface area (Å²) in [6, 6.07) is 0. The van der Waals surface area contributed by atoms with Crippen LogP contribution in [-0.4, -0.2) is 53.2 Å². The van der Waals surface area contributed by atoms with E-state index in [9.17, 15) is 4.79 Å². The Labute approximate surface area is 146 Å². The summed E-state index contributed by atoms with van der Waals surface area (Å²) in [5, 5.41) is 6.43. The Kier molecular flexibility index (Phi) is 5.11. The lowest BCUT2D eigenvalue weighted by Gasteiger charge is -2.27. The summed E-state index contributed by atoms with van der Waals surface area (Å²) in [6.45, 7) is 3.81. The molecule has 9 heteroatoms. The Balaban J connectivity index is 1.76. The molecule has 0 spiro atoms. The van der Waals surface area contributed by atoms with Crippen LogP contribution in [0.1, 0.15) is 41.2 Å². The molecule has 2 aromatic heterocycles. The highest BCUT2D eigenvalue weighted by atomic mass is 16.5. The quantitative estimate of drug-likeness (QED) is 0.861. The zero-order chi connectivity index (χ0) is 17.8. The summed E-state index contributed by atoms with van der Waals surface area (Å²) in [5.41, 5.74) is 0.415. The van der Waals surface area contributed by atoms with Gasteiger partial charge in [-0.15, -0.1) is 0 Å². The molecule has 9 nitrogen and oxygen atoms in total. The number of anilines is 2. The fraction of sp³-hybridized carbons (Fsp3) is 0.562. The molecule has 3 heterocycles. The van der Waals surface area contributed by atoms with Crippen LogP contribution in [0.2, 0.25) is 0 Å². The van der Waals surface area contributed by atoms with E-state index in [1.807, 2.05) is 19.0 Å². The monoisotopic (exact) mass is 345 g/mol. The third-order valence-electron chi connectivity index (χ3n) is 4.10. The number of rotatable bonds is 5. The Hall–Kier alpha value is -2.71. The van der Waals surface area contributed by atoms with E-state index in [1.165, 1.54) is 12.6 Å². The first-order valence-electron chi connectivity index (χ1n) is 8.41. The van der Waals surface area contributed by atoms with Crippen molar-refractivity contribution in [2.45, 2.75) is 32.7 Å². The first-order chi connectivity index (χ1) is 12.0. The minimum Gasteiger partial charge on any atom is -0.361 e. The number of hydrogen-bond acceptors (Lipinski definition) is 8. The molecule has 1 saturated heterocycles. The van der Waals surface area contributed by atoms with E-state index in [0.29, 0.717) is 29.0 Å². The number of nitrogens with one attached hydrogen (secondary N) is 1. The molecule has 1 amide bonds. The molecule has 0 saturated carbocycles. The zero-order valence-electron chi connectivity index (χ0n) is 14.8. The van der Waals surface area contributed by atoms with E-state index in [2.05, 4.69) is 30.3 Å². The molecule has 0 unspecified atom stereocenters. The van der Waals surface area contributed by atoms with E-state index in [0.717, 1.165) is 25.9 Å². The second-order valence-corrected chi connectivity index (χ2v) is 6.27. The molecule has 1 aliphatic rings. The summed E-state index contributed by atoms with van der Waals surface area (Å²) >= 11 is 0. The molecule has 134 valence electrons. The van der Waals surface area contributed by atoms with E-state index >= 15 is 0 Å². The van der Waals surface area contributed by atoms with Crippen LogP contribution in [0, 0.1) is 6.92 Å². The van der Waals surface area contributed by atoms with Crippen molar-refractivity contribution >= 4 is 17.8 Å². The van der Waals surface area contributed by atoms with E-state index in [-0.39, 0.29) is 12.5 Å². The minimum atomic E-state index is -0.259. The second-order valence-electron chi connectivity index (χ2n) is 6.27. The van der Waals surface area contributed by atoms with Gasteiger partial charge in [-0.2, -0.15) is 15.0 Å². The summed E-state index contributed by atoms with van der Waals surface area (Å²) in [6.07, 6.45) is 4.93. The van der Waals surface area contributed by atoms with Crippen molar-refractivity contribution in [1.82, 2.24) is 25.4 Å². The van der Waals surface area contributed by atoms with Crippen LogP contribution in [0.15, 0.2) is 10.7 Å². The van der Waals surface area contributed by atoms with Gasteiger partial charge in [-0.1, -0.05) is 5.16 Å². The molecule has 1 N–H and O–H groups in total. The van der Waals surface area contributed by atoms with Gasteiger partial charge < -0.3 is 19.6 Å². The van der Waals surface area contributed by atoms with Gasteiger partial charge in [0, 0.05) is 27.2 Å². The third-order valence-corrected chi connectivity index (χ3v) is 4.10.